The minimum absolute atomic E-state index is 0.0684. The number of hydrogen-bond acceptors (Lipinski definition) is 4. The summed E-state index contributed by atoms with van der Waals surface area (Å²) in [6.07, 6.45) is 0.976. The largest absolute Gasteiger partial charge is 0.465 e. The van der Waals surface area contributed by atoms with Crippen molar-refractivity contribution in [1.82, 2.24) is 0 Å². The summed E-state index contributed by atoms with van der Waals surface area (Å²) in [5.41, 5.74) is 0.143. The van der Waals surface area contributed by atoms with Gasteiger partial charge in [0.1, 0.15) is 6.54 Å². The molecule has 106 valence electrons. The van der Waals surface area contributed by atoms with Gasteiger partial charge in [-0.05, 0) is 19.1 Å². The smallest absolute Gasteiger partial charge is 0.326 e. The first kappa shape index (κ1) is 16.1. The molecule has 8 heteroatoms. The van der Waals surface area contributed by atoms with Crippen molar-refractivity contribution in [1.29, 1.82) is 0 Å². The molecule has 1 rings (SSSR count). The summed E-state index contributed by atoms with van der Waals surface area (Å²) in [7, 11) is -3.68. The van der Waals surface area contributed by atoms with E-state index in [1.165, 1.54) is 12.1 Å². The SMILES string of the molecule is CCOC(=O)CN(c1cccc(Cl)c1Cl)S(C)(=O)=O. The molecule has 19 heavy (non-hydrogen) atoms. The fourth-order valence-electron chi connectivity index (χ4n) is 1.39. The predicted octanol–water partition coefficient (Wildman–Crippen LogP) is 2.32. The highest BCUT2D eigenvalue weighted by atomic mass is 35.5. The van der Waals surface area contributed by atoms with Crippen molar-refractivity contribution < 1.29 is 17.9 Å². The number of sulfonamides is 1. The third-order valence-electron chi connectivity index (χ3n) is 2.18. The van der Waals surface area contributed by atoms with Gasteiger partial charge in [0.2, 0.25) is 10.0 Å². The van der Waals surface area contributed by atoms with E-state index < -0.39 is 22.5 Å². The van der Waals surface area contributed by atoms with Gasteiger partial charge in [0, 0.05) is 0 Å². The Hall–Kier alpha value is -0.980. The summed E-state index contributed by atoms with van der Waals surface area (Å²) >= 11 is 11.8. The molecule has 0 fully saturated rings. The molecule has 0 N–H and O–H groups in total. The van der Waals surface area contributed by atoms with Crippen molar-refractivity contribution >= 4 is 44.9 Å². The minimum Gasteiger partial charge on any atom is -0.465 e. The van der Waals surface area contributed by atoms with Crippen LogP contribution in [0.3, 0.4) is 0 Å². The third-order valence-corrected chi connectivity index (χ3v) is 4.11. The Kier molecular flexibility index (Phi) is 5.46. The second-order valence-corrected chi connectivity index (χ2v) is 6.34. The number of carbonyl (C=O) groups is 1. The number of benzene rings is 1. The fraction of sp³-hybridized carbons (Fsp3) is 0.364. The normalized spacial score (nSPS) is 11.2. The van der Waals surface area contributed by atoms with Gasteiger partial charge in [0.15, 0.2) is 0 Å². The number of hydrogen-bond donors (Lipinski definition) is 0. The molecular weight excluding hydrogens is 313 g/mol. The van der Waals surface area contributed by atoms with E-state index in [9.17, 15) is 13.2 Å². The molecular formula is C11H13Cl2NO4S. The van der Waals surface area contributed by atoms with Crippen LogP contribution in [0.25, 0.3) is 0 Å². The van der Waals surface area contributed by atoms with Crippen molar-refractivity contribution in [3.05, 3.63) is 28.2 Å². The van der Waals surface area contributed by atoms with Crippen LogP contribution in [0.15, 0.2) is 18.2 Å². The maximum atomic E-state index is 11.8. The highest BCUT2D eigenvalue weighted by molar-refractivity contribution is 7.92. The molecule has 0 spiro atoms. The number of halogens is 2. The predicted molar refractivity (Wildman–Crippen MR) is 75.3 cm³/mol. The first-order valence-corrected chi connectivity index (χ1v) is 7.95. The number of esters is 1. The van der Waals surface area contributed by atoms with Gasteiger partial charge in [-0.2, -0.15) is 0 Å². The molecule has 0 saturated heterocycles. The maximum absolute atomic E-state index is 11.8. The molecule has 1 aromatic carbocycles. The quantitative estimate of drug-likeness (QED) is 0.779. The molecule has 0 saturated carbocycles. The Morgan fingerprint density at radius 3 is 2.53 bits per heavy atom. The van der Waals surface area contributed by atoms with Crippen molar-refractivity contribution in [3.8, 4) is 0 Å². The lowest BCUT2D eigenvalue weighted by Gasteiger charge is -2.22. The van der Waals surface area contributed by atoms with Gasteiger partial charge >= 0.3 is 5.97 Å². The van der Waals surface area contributed by atoms with Gasteiger partial charge in [-0.3, -0.25) is 9.10 Å². The van der Waals surface area contributed by atoms with E-state index in [-0.39, 0.29) is 22.3 Å². The van der Waals surface area contributed by atoms with Crippen LogP contribution in [0, 0.1) is 0 Å². The molecule has 0 bridgehead atoms. The molecule has 0 aliphatic rings. The van der Waals surface area contributed by atoms with E-state index in [0.717, 1.165) is 10.6 Å². The Labute approximate surface area is 122 Å². The molecule has 0 amide bonds. The monoisotopic (exact) mass is 325 g/mol. The maximum Gasteiger partial charge on any atom is 0.326 e. The van der Waals surface area contributed by atoms with Gasteiger partial charge in [0.05, 0.1) is 28.6 Å². The van der Waals surface area contributed by atoms with E-state index >= 15 is 0 Å². The van der Waals surface area contributed by atoms with Gasteiger partial charge in [-0.25, -0.2) is 8.42 Å². The van der Waals surface area contributed by atoms with Crippen LogP contribution in [0.5, 0.6) is 0 Å². The van der Waals surface area contributed by atoms with Crippen LogP contribution < -0.4 is 4.31 Å². The van der Waals surface area contributed by atoms with E-state index in [1.807, 2.05) is 0 Å². The lowest BCUT2D eigenvalue weighted by atomic mass is 10.3. The molecule has 1 aromatic rings. The summed E-state index contributed by atoms with van der Waals surface area (Å²) < 4.78 is 29.1. The highest BCUT2D eigenvalue weighted by Gasteiger charge is 2.24. The van der Waals surface area contributed by atoms with Crippen LogP contribution in [0.4, 0.5) is 5.69 Å². The zero-order chi connectivity index (χ0) is 14.6. The van der Waals surface area contributed by atoms with E-state index in [2.05, 4.69) is 0 Å². The lowest BCUT2D eigenvalue weighted by molar-refractivity contribution is -0.141. The zero-order valence-electron chi connectivity index (χ0n) is 10.4. The van der Waals surface area contributed by atoms with Crippen molar-refractivity contribution in [3.63, 3.8) is 0 Å². The molecule has 0 radical (unpaired) electrons. The highest BCUT2D eigenvalue weighted by Crippen LogP contribution is 2.33. The molecule has 0 aliphatic carbocycles. The summed E-state index contributed by atoms with van der Waals surface area (Å²) in [5, 5.41) is 0.274. The average molecular weight is 326 g/mol. The number of carbonyl (C=O) groups excluding carboxylic acids is 1. The first-order valence-electron chi connectivity index (χ1n) is 5.34. The number of nitrogens with zero attached hydrogens (tertiary/aromatic N) is 1. The third kappa shape index (κ3) is 4.26. The van der Waals surface area contributed by atoms with Crippen LogP contribution in [0.2, 0.25) is 10.0 Å². The van der Waals surface area contributed by atoms with E-state index in [0.29, 0.717) is 0 Å². The summed E-state index contributed by atoms with van der Waals surface area (Å²) in [6, 6.07) is 4.54. The van der Waals surface area contributed by atoms with Crippen LogP contribution in [0.1, 0.15) is 6.92 Å². The number of ether oxygens (including phenoxy) is 1. The second kappa shape index (κ2) is 6.45. The Morgan fingerprint density at radius 1 is 1.37 bits per heavy atom. The van der Waals surface area contributed by atoms with Gasteiger partial charge in [-0.15, -0.1) is 0 Å². The average Bonchev–Trinajstić information content (AvgIpc) is 2.29. The fourth-order valence-corrected chi connectivity index (χ4v) is 2.69. The van der Waals surface area contributed by atoms with Gasteiger partial charge in [0.25, 0.3) is 0 Å². The Balaban J connectivity index is 3.19. The zero-order valence-corrected chi connectivity index (χ0v) is 12.7. The summed E-state index contributed by atoms with van der Waals surface area (Å²) in [6.45, 7) is 1.35. The van der Waals surface area contributed by atoms with E-state index in [4.69, 9.17) is 27.9 Å². The number of rotatable bonds is 5. The second-order valence-electron chi connectivity index (χ2n) is 3.65. The Bertz CT molecular complexity index is 574. The summed E-state index contributed by atoms with van der Waals surface area (Å²) in [5.74, 6) is -0.663. The topological polar surface area (TPSA) is 63.7 Å². The summed E-state index contributed by atoms with van der Waals surface area (Å²) in [4.78, 5) is 11.5. The molecule has 0 atom stereocenters. The Morgan fingerprint density at radius 2 is 2.00 bits per heavy atom. The van der Waals surface area contributed by atoms with Gasteiger partial charge < -0.3 is 4.74 Å². The van der Waals surface area contributed by atoms with Crippen molar-refractivity contribution in [2.75, 3.05) is 23.7 Å². The standard InChI is InChI=1S/C11H13Cl2NO4S/c1-3-18-10(15)7-14(19(2,16)17)9-6-4-5-8(12)11(9)13/h4-6H,3,7H2,1-2H3. The molecule has 5 nitrogen and oxygen atoms in total. The van der Waals surface area contributed by atoms with Crippen molar-refractivity contribution in [2.24, 2.45) is 0 Å². The first-order chi connectivity index (χ1) is 8.77. The van der Waals surface area contributed by atoms with Crippen LogP contribution in [-0.4, -0.2) is 33.8 Å². The van der Waals surface area contributed by atoms with Crippen molar-refractivity contribution in [2.45, 2.75) is 6.92 Å². The molecule has 0 aromatic heterocycles. The minimum atomic E-state index is -3.68. The molecule has 0 aliphatic heterocycles. The van der Waals surface area contributed by atoms with E-state index in [1.54, 1.807) is 13.0 Å². The number of anilines is 1. The van der Waals surface area contributed by atoms with Gasteiger partial charge in [-0.1, -0.05) is 29.3 Å². The molecule has 0 heterocycles. The molecule has 0 unspecified atom stereocenters. The van der Waals surface area contributed by atoms with Crippen LogP contribution in [-0.2, 0) is 19.6 Å². The lowest BCUT2D eigenvalue weighted by Crippen LogP contribution is -2.36. The van der Waals surface area contributed by atoms with Crippen LogP contribution >= 0.6 is 23.2 Å².